The number of likely N-dealkylation sites (N-methyl/N-ethyl adjacent to an activating group) is 1. The molecular weight excluding hydrogens is 278 g/mol. The molecule has 4 heteroatoms. The highest BCUT2D eigenvalue weighted by molar-refractivity contribution is 6.35. The van der Waals surface area contributed by atoms with Crippen LogP contribution in [-0.4, -0.2) is 27.2 Å². The number of carbonyl (C=O) groups is 1. The first-order chi connectivity index (χ1) is 10.6. The molecule has 1 heterocycles. The van der Waals surface area contributed by atoms with Crippen molar-refractivity contribution in [1.82, 2.24) is 0 Å². The predicted octanol–water partition coefficient (Wildman–Crippen LogP) is 3.22. The van der Waals surface area contributed by atoms with Crippen LogP contribution in [0, 0.1) is 0 Å². The summed E-state index contributed by atoms with van der Waals surface area (Å²) >= 11 is 0. The van der Waals surface area contributed by atoms with E-state index < -0.39 is 0 Å². The lowest BCUT2D eigenvalue weighted by Crippen LogP contribution is -2.20. The number of benzene rings is 2. The van der Waals surface area contributed by atoms with Crippen LogP contribution in [-0.2, 0) is 4.79 Å². The quantitative estimate of drug-likeness (QED) is 0.816. The molecule has 0 aromatic heterocycles. The van der Waals surface area contributed by atoms with Gasteiger partial charge in [0, 0.05) is 24.3 Å². The number of hydrogen-bond acceptors (Lipinski definition) is 3. The lowest BCUT2D eigenvalue weighted by Gasteiger charge is -2.08. The van der Waals surface area contributed by atoms with Crippen LogP contribution in [0.3, 0.4) is 0 Å². The van der Waals surface area contributed by atoms with Crippen molar-refractivity contribution in [2.45, 2.75) is 0 Å². The first kappa shape index (κ1) is 14.2. The largest absolute Gasteiger partial charge is 0.497 e. The molecule has 0 atom stereocenters. The van der Waals surface area contributed by atoms with Gasteiger partial charge >= 0.3 is 0 Å². The van der Waals surface area contributed by atoms with E-state index in [1.807, 2.05) is 42.5 Å². The highest BCUT2D eigenvalue weighted by Gasteiger charge is 2.28. The summed E-state index contributed by atoms with van der Waals surface area (Å²) in [6.45, 7) is 0. The number of ether oxygens (including phenoxy) is 2. The summed E-state index contributed by atoms with van der Waals surface area (Å²) in [5, 5.41) is 0. The summed E-state index contributed by atoms with van der Waals surface area (Å²) in [6, 6.07) is 13.3. The molecule has 0 unspecified atom stereocenters. The van der Waals surface area contributed by atoms with Crippen LogP contribution in [0.2, 0.25) is 0 Å². The number of nitrogens with zero attached hydrogens (tertiary/aromatic N) is 1. The molecule has 1 aliphatic rings. The van der Waals surface area contributed by atoms with Crippen LogP contribution in [0.5, 0.6) is 11.5 Å². The first-order valence-electron chi connectivity index (χ1n) is 6.96. The first-order valence-corrected chi connectivity index (χ1v) is 6.96. The Morgan fingerprint density at radius 1 is 1.00 bits per heavy atom. The van der Waals surface area contributed by atoms with Gasteiger partial charge in [-0.3, -0.25) is 4.79 Å². The second kappa shape index (κ2) is 5.56. The van der Waals surface area contributed by atoms with Gasteiger partial charge in [0.1, 0.15) is 11.5 Å². The predicted molar refractivity (Wildman–Crippen MR) is 87.3 cm³/mol. The normalized spacial score (nSPS) is 15.1. The Kier molecular flexibility index (Phi) is 3.59. The Labute approximate surface area is 129 Å². The van der Waals surface area contributed by atoms with E-state index in [-0.39, 0.29) is 5.91 Å². The van der Waals surface area contributed by atoms with Gasteiger partial charge in [0.15, 0.2) is 0 Å². The standard InChI is InChI=1S/C18H17NO3/c1-19-17-7-5-4-6-15(17)16(18(19)20)10-12-8-13(21-2)11-14(9-12)22-3/h4-11H,1-3H3/b16-10+. The molecule has 0 radical (unpaired) electrons. The molecule has 0 spiro atoms. The topological polar surface area (TPSA) is 38.8 Å². The molecule has 1 aliphatic heterocycles. The maximum absolute atomic E-state index is 12.5. The summed E-state index contributed by atoms with van der Waals surface area (Å²) in [5.74, 6) is 1.37. The number of rotatable bonds is 3. The third kappa shape index (κ3) is 2.33. The number of hydrogen-bond donors (Lipinski definition) is 0. The van der Waals surface area contributed by atoms with Gasteiger partial charge in [0.2, 0.25) is 0 Å². The van der Waals surface area contributed by atoms with Gasteiger partial charge in [0.25, 0.3) is 5.91 Å². The molecule has 0 saturated heterocycles. The Hall–Kier alpha value is -2.75. The fourth-order valence-corrected chi connectivity index (χ4v) is 2.62. The van der Waals surface area contributed by atoms with E-state index in [4.69, 9.17) is 9.47 Å². The number of para-hydroxylation sites is 1. The average Bonchev–Trinajstić information content (AvgIpc) is 2.80. The van der Waals surface area contributed by atoms with E-state index in [1.54, 1.807) is 32.2 Å². The van der Waals surface area contributed by atoms with Gasteiger partial charge < -0.3 is 14.4 Å². The average molecular weight is 295 g/mol. The van der Waals surface area contributed by atoms with E-state index in [1.165, 1.54) is 0 Å². The van der Waals surface area contributed by atoms with Crippen LogP contribution < -0.4 is 14.4 Å². The molecule has 0 aliphatic carbocycles. The number of methoxy groups -OCH3 is 2. The second-order valence-corrected chi connectivity index (χ2v) is 5.09. The molecule has 2 aromatic rings. The second-order valence-electron chi connectivity index (χ2n) is 5.09. The monoisotopic (exact) mass is 295 g/mol. The Morgan fingerprint density at radius 2 is 1.64 bits per heavy atom. The summed E-state index contributed by atoms with van der Waals surface area (Å²) in [7, 11) is 5.00. The van der Waals surface area contributed by atoms with Gasteiger partial charge in [-0.15, -0.1) is 0 Å². The molecule has 112 valence electrons. The highest BCUT2D eigenvalue weighted by Crippen LogP contribution is 2.37. The molecule has 0 fully saturated rings. The van der Waals surface area contributed by atoms with Crippen molar-refractivity contribution in [1.29, 1.82) is 0 Å². The minimum Gasteiger partial charge on any atom is -0.497 e. The third-order valence-corrected chi connectivity index (χ3v) is 3.78. The molecule has 0 N–H and O–H groups in total. The fourth-order valence-electron chi connectivity index (χ4n) is 2.62. The van der Waals surface area contributed by atoms with Crippen molar-refractivity contribution in [2.75, 3.05) is 26.2 Å². The Balaban J connectivity index is 2.11. The van der Waals surface area contributed by atoms with Crippen molar-refractivity contribution in [3.63, 3.8) is 0 Å². The zero-order valence-corrected chi connectivity index (χ0v) is 12.8. The van der Waals surface area contributed by atoms with Gasteiger partial charge in [-0.25, -0.2) is 0 Å². The van der Waals surface area contributed by atoms with E-state index in [0.717, 1.165) is 16.8 Å². The molecule has 0 saturated carbocycles. The smallest absolute Gasteiger partial charge is 0.258 e. The Bertz CT molecular complexity index is 742. The van der Waals surface area contributed by atoms with Crippen molar-refractivity contribution < 1.29 is 14.3 Å². The number of fused-ring (bicyclic) bond motifs is 1. The van der Waals surface area contributed by atoms with Gasteiger partial charge in [-0.1, -0.05) is 18.2 Å². The van der Waals surface area contributed by atoms with E-state index in [9.17, 15) is 4.79 Å². The lowest BCUT2D eigenvalue weighted by molar-refractivity contribution is -0.112. The third-order valence-electron chi connectivity index (χ3n) is 3.78. The van der Waals surface area contributed by atoms with Crippen molar-refractivity contribution in [3.8, 4) is 11.5 Å². The van der Waals surface area contributed by atoms with E-state index in [0.29, 0.717) is 17.1 Å². The number of amides is 1. The van der Waals surface area contributed by atoms with Crippen molar-refractivity contribution in [2.24, 2.45) is 0 Å². The molecule has 22 heavy (non-hydrogen) atoms. The van der Waals surface area contributed by atoms with Crippen LogP contribution in [0.1, 0.15) is 11.1 Å². The molecular formula is C18H17NO3. The van der Waals surface area contributed by atoms with Gasteiger partial charge in [-0.2, -0.15) is 0 Å². The minimum absolute atomic E-state index is 0.0111. The van der Waals surface area contributed by atoms with Gasteiger partial charge in [0.05, 0.1) is 19.9 Å². The van der Waals surface area contributed by atoms with E-state index in [2.05, 4.69) is 0 Å². The molecule has 3 rings (SSSR count). The molecule has 4 nitrogen and oxygen atoms in total. The highest BCUT2D eigenvalue weighted by atomic mass is 16.5. The van der Waals surface area contributed by atoms with Crippen LogP contribution in [0.25, 0.3) is 11.6 Å². The van der Waals surface area contributed by atoms with Gasteiger partial charge in [-0.05, 0) is 29.8 Å². The number of carbonyl (C=O) groups excluding carboxylic acids is 1. The summed E-state index contributed by atoms with van der Waals surface area (Å²) in [6.07, 6.45) is 1.87. The fraction of sp³-hybridized carbons (Fsp3) is 0.167. The van der Waals surface area contributed by atoms with E-state index >= 15 is 0 Å². The lowest BCUT2D eigenvalue weighted by atomic mass is 10.0. The molecule has 0 bridgehead atoms. The Morgan fingerprint density at radius 3 is 2.27 bits per heavy atom. The maximum Gasteiger partial charge on any atom is 0.258 e. The van der Waals surface area contributed by atoms with Crippen LogP contribution >= 0.6 is 0 Å². The van der Waals surface area contributed by atoms with Crippen molar-refractivity contribution >= 4 is 23.2 Å². The maximum atomic E-state index is 12.5. The number of anilines is 1. The minimum atomic E-state index is -0.0111. The zero-order chi connectivity index (χ0) is 15.7. The summed E-state index contributed by atoms with van der Waals surface area (Å²) < 4.78 is 10.5. The SMILES string of the molecule is COc1cc(/C=C2/C(=O)N(C)c3ccccc32)cc(OC)c1. The molecule has 1 amide bonds. The van der Waals surface area contributed by atoms with Crippen LogP contribution in [0.4, 0.5) is 5.69 Å². The summed E-state index contributed by atoms with van der Waals surface area (Å²) in [4.78, 5) is 14.1. The van der Waals surface area contributed by atoms with Crippen molar-refractivity contribution in [3.05, 3.63) is 53.6 Å². The zero-order valence-electron chi connectivity index (χ0n) is 12.8. The molecule has 2 aromatic carbocycles. The summed E-state index contributed by atoms with van der Waals surface area (Å²) in [5.41, 5.74) is 3.41. The van der Waals surface area contributed by atoms with Crippen LogP contribution in [0.15, 0.2) is 42.5 Å².